The summed E-state index contributed by atoms with van der Waals surface area (Å²) < 4.78 is 32.9. The highest BCUT2D eigenvalue weighted by Gasteiger charge is 2.24. The molecule has 0 atom stereocenters. The highest BCUT2D eigenvalue weighted by Crippen LogP contribution is 2.33. The molecule has 3 rings (SSSR count). The van der Waals surface area contributed by atoms with Gasteiger partial charge in [-0.05, 0) is 23.6 Å². The highest BCUT2D eigenvalue weighted by molar-refractivity contribution is 7.08. The van der Waals surface area contributed by atoms with E-state index in [2.05, 4.69) is 4.98 Å². The number of amides is 1. The van der Waals surface area contributed by atoms with Crippen molar-refractivity contribution in [2.45, 2.75) is 0 Å². The number of thiophene rings is 1. The van der Waals surface area contributed by atoms with Gasteiger partial charge in [-0.15, -0.1) is 0 Å². The van der Waals surface area contributed by atoms with Gasteiger partial charge in [-0.1, -0.05) is 6.07 Å². The molecule has 3 aromatic rings. The molecule has 0 aliphatic carbocycles. The van der Waals surface area contributed by atoms with Crippen LogP contribution < -0.4 is 5.73 Å². The molecular weight excluding hydrogens is 298 g/mol. The number of hydrogen-bond donors (Lipinski definition) is 1. The predicted octanol–water partition coefficient (Wildman–Crippen LogP) is 3.45. The van der Waals surface area contributed by atoms with Crippen LogP contribution in [0, 0.1) is 11.6 Å². The number of nitrogens with zero attached hydrogens (tertiary/aromatic N) is 1. The molecule has 1 amide bonds. The molecule has 1 aromatic carbocycles. The number of halogens is 2. The Labute approximate surface area is 121 Å². The van der Waals surface area contributed by atoms with Crippen LogP contribution in [-0.4, -0.2) is 10.9 Å². The first kappa shape index (κ1) is 13.4. The van der Waals surface area contributed by atoms with Crippen LogP contribution in [0.4, 0.5) is 8.78 Å². The molecule has 2 aromatic heterocycles. The summed E-state index contributed by atoms with van der Waals surface area (Å²) in [6, 6.07) is 5.08. The van der Waals surface area contributed by atoms with Crippen LogP contribution in [0.2, 0.25) is 0 Å². The van der Waals surface area contributed by atoms with Gasteiger partial charge in [0.25, 0.3) is 5.91 Å². The van der Waals surface area contributed by atoms with Gasteiger partial charge in [0.2, 0.25) is 5.89 Å². The zero-order valence-electron chi connectivity index (χ0n) is 10.5. The molecule has 4 nitrogen and oxygen atoms in total. The minimum absolute atomic E-state index is 0.0985. The molecule has 0 fully saturated rings. The number of carbonyl (C=O) groups excluding carboxylic acids is 1. The quantitative estimate of drug-likeness (QED) is 0.805. The van der Waals surface area contributed by atoms with Crippen molar-refractivity contribution in [2.75, 3.05) is 0 Å². The lowest BCUT2D eigenvalue weighted by molar-refractivity contribution is 0.0996. The second kappa shape index (κ2) is 5.10. The standard InChI is InChI=1S/C14H8F2N2O2S/c15-8-2-1-3-9(16)10(8)14-18-11(13(17)19)12(20-14)7-4-5-21-6-7/h1-6H,(H2,17,19). The summed E-state index contributed by atoms with van der Waals surface area (Å²) in [5, 5.41) is 3.49. The smallest absolute Gasteiger partial charge is 0.271 e. The third-order valence-electron chi connectivity index (χ3n) is 2.82. The number of primary amides is 1. The second-order valence-corrected chi connectivity index (χ2v) is 4.95. The molecule has 2 heterocycles. The Kier molecular flexibility index (Phi) is 3.26. The van der Waals surface area contributed by atoms with Gasteiger partial charge in [0.05, 0.1) is 0 Å². The molecule has 0 saturated heterocycles. The van der Waals surface area contributed by atoms with E-state index < -0.39 is 23.1 Å². The molecule has 0 aliphatic heterocycles. The molecule has 21 heavy (non-hydrogen) atoms. The normalized spacial score (nSPS) is 10.8. The molecule has 0 aliphatic rings. The monoisotopic (exact) mass is 306 g/mol. The van der Waals surface area contributed by atoms with Gasteiger partial charge in [0.15, 0.2) is 11.5 Å². The zero-order valence-corrected chi connectivity index (χ0v) is 11.3. The topological polar surface area (TPSA) is 69.1 Å². The minimum Gasteiger partial charge on any atom is -0.435 e. The Bertz CT molecular complexity index is 792. The maximum atomic E-state index is 13.8. The Morgan fingerprint density at radius 1 is 1.24 bits per heavy atom. The van der Waals surface area contributed by atoms with E-state index in [1.54, 1.807) is 16.8 Å². The van der Waals surface area contributed by atoms with Crippen LogP contribution in [-0.2, 0) is 0 Å². The summed E-state index contributed by atoms with van der Waals surface area (Å²) in [7, 11) is 0. The number of hydrogen-bond acceptors (Lipinski definition) is 4. The fourth-order valence-corrected chi connectivity index (χ4v) is 2.52. The highest BCUT2D eigenvalue weighted by atomic mass is 32.1. The van der Waals surface area contributed by atoms with Crippen molar-refractivity contribution in [1.29, 1.82) is 0 Å². The fraction of sp³-hybridized carbons (Fsp3) is 0. The average Bonchev–Trinajstić information content (AvgIpc) is 3.07. The Morgan fingerprint density at radius 3 is 2.52 bits per heavy atom. The Hall–Kier alpha value is -2.54. The summed E-state index contributed by atoms with van der Waals surface area (Å²) in [5.41, 5.74) is 5.23. The van der Waals surface area contributed by atoms with Gasteiger partial charge in [0.1, 0.15) is 17.2 Å². The van der Waals surface area contributed by atoms with Crippen LogP contribution >= 0.6 is 11.3 Å². The van der Waals surface area contributed by atoms with Crippen LogP contribution in [0.5, 0.6) is 0 Å². The van der Waals surface area contributed by atoms with Crippen molar-refractivity contribution in [1.82, 2.24) is 4.98 Å². The van der Waals surface area contributed by atoms with E-state index in [4.69, 9.17) is 10.2 Å². The Morgan fingerprint density at radius 2 is 1.95 bits per heavy atom. The lowest BCUT2D eigenvalue weighted by atomic mass is 10.2. The summed E-state index contributed by atoms with van der Waals surface area (Å²) >= 11 is 1.38. The van der Waals surface area contributed by atoms with E-state index in [9.17, 15) is 13.6 Å². The summed E-state index contributed by atoms with van der Waals surface area (Å²) in [5.74, 6) is -2.71. The van der Waals surface area contributed by atoms with Gasteiger partial charge < -0.3 is 10.2 Å². The van der Waals surface area contributed by atoms with Gasteiger partial charge in [-0.25, -0.2) is 13.8 Å². The first-order chi connectivity index (χ1) is 10.1. The number of carbonyl (C=O) groups is 1. The van der Waals surface area contributed by atoms with E-state index >= 15 is 0 Å². The maximum absolute atomic E-state index is 13.8. The van der Waals surface area contributed by atoms with Crippen molar-refractivity contribution < 1.29 is 18.0 Å². The van der Waals surface area contributed by atoms with E-state index in [-0.39, 0.29) is 17.3 Å². The van der Waals surface area contributed by atoms with Crippen LogP contribution in [0.3, 0.4) is 0 Å². The molecule has 7 heteroatoms. The molecule has 0 radical (unpaired) electrons. The fourth-order valence-electron chi connectivity index (χ4n) is 1.89. The predicted molar refractivity (Wildman–Crippen MR) is 73.7 cm³/mol. The first-order valence-corrected chi connectivity index (χ1v) is 6.80. The summed E-state index contributed by atoms with van der Waals surface area (Å²) in [6.07, 6.45) is 0. The van der Waals surface area contributed by atoms with Gasteiger partial charge >= 0.3 is 0 Å². The van der Waals surface area contributed by atoms with Crippen LogP contribution in [0.15, 0.2) is 39.4 Å². The molecule has 0 unspecified atom stereocenters. The first-order valence-electron chi connectivity index (χ1n) is 5.85. The molecule has 0 bridgehead atoms. The van der Waals surface area contributed by atoms with Crippen LogP contribution in [0.1, 0.15) is 10.5 Å². The number of nitrogens with two attached hydrogens (primary N) is 1. The van der Waals surface area contributed by atoms with E-state index in [1.165, 1.54) is 17.4 Å². The third kappa shape index (κ3) is 2.31. The summed E-state index contributed by atoms with van der Waals surface area (Å²) in [4.78, 5) is 15.3. The van der Waals surface area contributed by atoms with Gasteiger partial charge in [0, 0.05) is 10.9 Å². The average molecular weight is 306 g/mol. The largest absolute Gasteiger partial charge is 0.435 e. The van der Waals surface area contributed by atoms with Crippen molar-refractivity contribution in [2.24, 2.45) is 5.73 Å². The lowest BCUT2D eigenvalue weighted by Crippen LogP contribution is -2.12. The van der Waals surface area contributed by atoms with Gasteiger partial charge in [-0.2, -0.15) is 11.3 Å². The minimum atomic E-state index is -0.831. The number of oxazole rings is 1. The number of aromatic nitrogens is 1. The lowest BCUT2D eigenvalue weighted by Gasteiger charge is -1.99. The van der Waals surface area contributed by atoms with Crippen molar-refractivity contribution in [3.63, 3.8) is 0 Å². The third-order valence-corrected chi connectivity index (χ3v) is 3.50. The van der Waals surface area contributed by atoms with Crippen molar-refractivity contribution in [3.8, 4) is 22.8 Å². The molecular formula is C14H8F2N2O2S. The van der Waals surface area contributed by atoms with Gasteiger partial charge in [-0.3, -0.25) is 4.79 Å². The maximum Gasteiger partial charge on any atom is 0.271 e. The molecule has 0 spiro atoms. The second-order valence-electron chi connectivity index (χ2n) is 4.17. The molecule has 2 N–H and O–H groups in total. The molecule has 0 saturated carbocycles. The number of rotatable bonds is 3. The Balaban J connectivity index is 2.22. The molecule has 106 valence electrons. The SMILES string of the molecule is NC(=O)c1nc(-c2c(F)cccc2F)oc1-c1ccsc1. The van der Waals surface area contributed by atoms with E-state index in [0.717, 1.165) is 12.1 Å². The van der Waals surface area contributed by atoms with Crippen molar-refractivity contribution >= 4 is 17.2 Å². The van der Waals surface area contributed by atoms with Crippen molar-refractivity contribution in [3.05, 3.63) is 52.4 Å². The zero-order chi connectivity index (χ0) is 15.0. The van der Waals surface area contributed by atoms with E-state index in [1.807, 2.05) is 0 Å². The summed E-state index contributed by atoms with van der Waals surface area (Å²) in [6.45, 7) is 0. The van der Waals surface area contributed by atoms with Crippen LogP contribution in [0.25, 0.3) is 22.8 Å². The number of benzene rings is 1. The van der Waals surface area contributed by atoms with E-state index in [0.29, 0.717) is 5.56 Å².